The van der Waals surface area contributed by atoms with Crippen LogP contribution < -0.4 is 24.8 Å². The van der Waals surface area contributed by atoms with Crippen LogP contribution in [0.15, 0.2) is 47.5 Å². The Morgan fingerprint density at radius 1 is 0.893 bits per heavy atom. The minimum atomic E-state index is 0. The molecule has 2 aromatic carbocycles. The van der Waals surface area contributed by atoms with Gasteiger partial charge in [-0.15, -0.1) is 24.0 Å². The predicted molar refractivity (Wildman–Crippen MR) is 124 cm³/mol. The van der Waals surface area contributed by atoms with Gasteiger partial charge in [0.15, 0.2) is 17.5 Å². The van der Waals surface area contributed by atoms with Crippen LogP contribution >= 0.6 is 24.0 Å². The first-order chi connectivity index (χ1) is 13.2. The molecule has 0 aliphatic carbocycles. The molecular weight excluding hydrogens is 469 g/mol. The van der Waals surface area contributed by atoms with Gasteiger partial charge in [0.05, 0.1) is 27.4 Å². The molecule has 0 aliphatic heterocycles. The molecule has 0 heterocycles. The van der Waals surface area contributed by atoms with E-state index in [0.29, 0.717) is 31.2 Å². The van der Waals surface area contributed by atoms with Gasteiger partial charge in [-0.1, -0.05) is 30.3 Å². The smallest absolute Gasteiger partial charge is 0.191 e. The lowest BCUT2D eigenvalue weighted by atomic mass is 10.2. The van der Waals surface area contributed by atoms with Crippen molar-refractivity contribution in [2.45, 2.75) is 26.9 Å². The molecule has 6 nitrogen and oxygen atoms in total. The first-order valence-corrected chi connectivity index (χ1v) is 9.16. The zero-order valence-electron chi connectivity index (χ0n) is 17.0. The topological polar surface area (TPSA) is 64.1 Å². The number of halogens is 1. The Balaban J connectivity index is 0.00000392. The minimum Gasteiger partial charge on any atom is -0.494 e. The van der Waals surface area contributed by atoms with Crippen LogP contribution in [0, 0.1) is 0 Å². The molecule has 0 radical (unpaired) electrons. The van der Waals surface area contributed by atoms with Gasteiger partial charge in [0.2, 0.25) is 0 Å². The SMILES string of the molecule is CCNC(=NCc1cccc(OC)c1OC)NCc1ccccc1OCC.I. The third-order valence-corrected chi connectivity index (χ3v) is 3.95. The second-order valence-electron chi connectivity index (χ2n) is 5.74. The molecule has 2 aromatic rings. The molecule has 0 spiro atoms. The maximum absolute atomic E-state index is 5.68. The Hall–Kier alpha value is -2.16. The first kappa shape index (κ1) is 23.9. The van der Waals surface area contributed by atoms with Crippen LogP contribution in [0.2, 0.25) is 0 Å². The van der Waals surface area contributed by atoms with Crippen molar-refractivity contribution in [3.05, 3.63) is 53.6 Å². The molecule has 0 bridgehead atoms. The van der Waals surface area contributed by atoms with Crippen molar-refractivity contribution >= 4 is 29.9 Å². The number of hydrogen-bond donors (Lipinski definition) is 2. The Labute approximate surface area is 184 Å². The van der Waals surface area contributed by atoms with Crippen LogP contribution in [-0.2, 0) is 13.1 Å². The molecule has 0 aliphatic rings. The molecule has 0 aromatic heterocycles. The number of aliphatic imine (C=N–C) groups is 1. The van der Waals surface area contributed by atoms with E-state index in [-0.39, 0.29) is 24.0 Å². The van der Waals surface area contributed by atoms with Gasteiger partial charge in [0.25, 0.3) is 0 Å². The molecule has 0 fully saturated rings. The monoisotopic (exact) mass is 499 g/mol. The second-order valence-corrected chi connectivity index (χ2v) is 5.74. The highest BCUT2D eigenvalue weighted by Gasteiger charge is 2.09. The van der Waals surface area contributed by atoms with E-state index in [2.05, 4.69) is 15.6 Å². The summed E-state index contributed by atoms with van der Waals surface area (Å²) in [5.74, 6) is 3.03. The van der Waals surface area contributed by atoms with Gasteiger partial charge >= 0.3 is 0 Å². The molecule has 2 N–H and O–H groups in total. The summed E-state index contributed by atoms with van der Waals surface area (Å²) >= 11 is 0. The fourth-order valence-corrected chi connectivity index (χ4v) is 2.71. The van der Waals surface area contributed by atoms with E-state index in [0.717, 1.165) is 29.4 Å². The fraction of sp³-hybridized carbons (Fsp3) is 0.381. The number of rotatable bonds is 9. The molecule has 0 unspecified atom stereocenters. The van der Waals surface area contributed by atoms with E-state index in [1.165, 1.54) is 0 Å². The van der Waals surface area contributed by atoms with Crippen molar-refractivity contribution in [3.8, 4) is 17.2 Å². The summed E-state index contributed by atoms with van der Waals surface area (Å²) < 4.78 is 16.5. The number of hydrogen-bond acceptors (Lipinski definition) is 4. The average Bonchev–Trinajstić information content (AvgIpc) is 2.70. The van der Waals surface area contributed by atoms with Crippen LogP contribution in [0.1, 0.15) is 25.0 Å². The van der Waals surface area contributed by atoms with Crippen molar-refractivity contribution in [1.82, 2.24) is 10.6 Å². The maximum atomic E-state index is 5.68. The molecular formula is C21H30IN3O3. The van der Waals surface area contributed by atoms with E-state index in [9.17, 15) is 0 Å². The van der Waals surface area contributed by atoms with Crippen molar-refractivity contribution in [2.24, 2.45) is 4.99 Å². The van der Waals surface area contributed by atoms with Gasteiger partial charge in [0, 0.05) is 24.2 Å². The normalized spacial score (nSPS) is 10.6. The summed E-state index contributed by atoms with van der Waals surface area (Å²) in [6.45, 7) is 6.53. The van der Waals surface area contributed by atoms with Gasteiger partial charge in [-0.3, -0.25) is 0 Å². The Kier molecular flexibility index (Phi) is 11.2. The summed E-state index contributed by atoms with van der Waals surface area (Å²) in [5, 5.41) is 6.63. The number of para-hydroxylation sites is 2. The van der Waals surface area contributed by atoms with E-state index in [1.807, 2.05) is 56.3 Å². The van der Waals surface area contributed by atoms with Crippen molar-refractivity contribution < 1.29 is 14.2 Å². The fourth-order valence-electron chi connectivity index (χ4n) is 2.71. The second kappa shape index (κ2) is 13.1. The third kappa shape index (κ3) is 6.78. The van der Waals surface area contributed by atoms with Crippen LogP contribution in [0.3, 0.4) is 0 Å². The van der Waals surface area contributed by atoms with Crippen molar-refractivity contribution in [1.29, 1.82) is 0 Å². The maximum Gasteiger partial charge on any atom is 0.191 e. The summed E-state index contributed by atoms with van der Waals surface area (Å²) in [4.78, 5) is 4.68. The van der Waals surface area contributed by atoms with Crippen LogP contribution in [0.4, 0.5) is 0 Å². The molecule has 2 rings (SSSR count). The third-order valence-electron chi connectivity index (χ3n) is 3.95. The summed E-state index contributed by atoms with van der Waals surface area (Å²) in [6.07, 6.45) is 0. The number of guanidine groups is 1. The van der Waals surface area contributed by atoms with Gasteiger partial charge in [0.1, 0.15) is 5.75 Å². The van der Waals surface area contributed by atoms with Gasteiger partial charge in [-0.2, -0.15) is 0 Å². The standard InChI is InChI=1S/C21H29N3O3.HI/c1-5-22-21(23-14-16-10-7-8-12-18(16)27-6-2)24-15-17-11-9-13-19(25-3)20(17)26-4;/h7-13H,5-6,14-15H2,1-4H3,(H2,22,23,24);1H. The zero-order valence-corrected chi connectivity index (χ0v) is 19.3. The lowest BCUT2D eigenvalue weighted by Gasteiger charge is -2.15. The van der Waals surface area contributed by atoms with Crippen molar-refractivity contribution in [3.63, 3.8) is 0 Å². The molecule has 28 heavy (non-hydrogen) atoms. The van der Waals surface area contributed by atoms with Gasteiger partial charge < -0.3 is 24.8 Å². The number of methoxy groups -OCH3 is 2. The summed E-state index contributed by atoms with van der Waals surface area (Å²) in [6, 6.07) is 13.8. The predicted octanol–water partition coefficient (Wildman–Crippen LogP) is 3.98. The number of nitrogens with one attached hydrogen (secondary N) is 2. The van der Waals surface area contributed by atoms with Gasteiger partial charge in [-0.25, -0.2) is 4.99 Å². The number of nitrogens with zero attached hydrogens (tertiary/aromatic N) is 1. The van der Waals surface area contributed by atoms with Gasteiger partial charge in [-0.05, 0) is 26.0 Å². The van der Waals surface area contributed by atoms with Crippen molar-refractivity contribution in [2.75, 3.05) is 27.4 Å². The highest BCUT2D eigenvalue weighted by atomic mass is 127. The zero-order chi connectivity index (χ0) is 19.5. The lowest BCUT2D eigenvalue weighted by molar-refractivity contribution is 0.336. The lowest BCUT2D eigenvalue weighted by Crippen LogP contribution is -2.36. The van der Waals surface area contributed by atoms with Crippen LogP contribution in [-0.4, -0.2) is 33.3 Å². The molecule has 0 saturated heterocycles. The van der Waals surface area contributed by atoms with Crippen LogP contribution in [0.5, 0.6) is 17.2 Å². The first-order valence-electron chi connectivity index (χ1n) is 9.16. The van der Waals surface area contributed by atoms with E-state index < -0.39 is 0 Å². The minimum absolute atomic E-state index is 0. The van der Waals surface area contributed by atoms with E-state index in [1.54, 1.807) is 14.2 Å². The number of benzene rings is 2. The van der Waals surface area contributed by atoms with Crippen LogP contribution in [0.25, 0.3) is 0 Å². The Bertz CT molecular complexity index is 753. The average molecular weight is 499 g/mol. The molecule has 0 saturated carbocycles. The molecule has 0 atom stereocenters. The largest absolute Gasteiger partial charge is 0.494 e. The summed E-state index contributed by atoms with van der Waals surface area (Å²) in [5.41, 5.74) is 2.05. The highest BCUT2D eigenvalue weighted by Crippen LogP contribution is 2.31. The Morgan fingerprint density at radius 2 is 1.61 bits per heavy atom. The molecule has 0 amide bonds. The summed E-state index contributed by atoms with van der Waals surface area (Å²) in [7, 11) is 3.27. The van der Waals surface area contributed by atoms with E-state index >= 15 is 0 Å². The highest BCUT2D eigenvalue weighted by molar-refractivity contribution is 14.0. The molecule has 154 valence electrons. The van der Waals surface area contributed by atoms with E-state index in [4.69, 9.17) is 14.2 Å². The quantitative estimate of drug-likeness (QED) is 0.311. The molecule has 7 heteroatoms. The number of ether oxygens (including phenoxy) is 3. The Morgan fingerprint density at radius 3 is 2.29 bits per heavy atom.